The Morgan fingerprint density at radius 2 is 1.94 bits per heavy atom. The van der Waals surface area contributed by atoms with Gasteiger partial charge in [0.15, 0.2) is 0 Å². The van der Waals surface area contributed by atoms with Gasteiger partial charge in [0.2, 0.25) is 0 Å². The van der Waals surface area contributed by atoms with E-state index in [9.17, 15) is 5.26 Å². The Morgan fingerprint density at radius 3 is 2.53 bits per heavy atom. The predicted octanol–water partition coefficient (Wildman–Crippen LogP) is 3.75. The third-order valence-corrected chi connectivity index (χ3v) is 3.47. The van der Waals surface area contributed by atoms with E-state index in [1.54, 1.807) is 0 Å². The van der Waals surface area contributed by atoms with Gasteiger partial charge in [0.25, 0.3) is 0 Å². The van der Waals surface area contributed by atoms with E-state index in [0.29, 0.717) is 5.92 Å². The first-order valence-corrected chi connectivity index (χ1v) is 6.00. The number of nitrogens with zero attached hydrogens (tertiary/aromatic N) is 2. The molecule has 1 atom stereocenters. The molecule has 1 aromatic carbocycles. The second-order valence-electron chi connectivity index (χ2n) is 5.01. The van der Waals surface area contributed by atoms with Crippen LogP contribution in [0.4, 0.5) is 0 Å². The van der Waals surface area contributed by atoms with Crippen LogP contribution in [0.5, 0.6) is 0 Å². The zero-order valence-electron chi connectivity index (χ0n) is 10.9. The maximum absolute atomic E-state index is 9.23. The van der Waals surface area contributed by atoms with Crippen molar-refractivity contribution in [3.05, 3.63) is 35.5 Å². The second-order valence-corrected chi connectivity index (χ2v) is 5.01. The van der Waals surface area contributed by atoms with Crippen LogP contribution in [-0.2, 0) is 7.05 Å². The number of rotatable bonds is 2. The van der Waals surface area contributed by atoms with E-state index in [0.717, 1.165) is 5.56 Å². The van der Waals surface area contributed by atoms with Gasteiger partial charge in [0.1, 0.15) is 0 Å². The Kier molecular flexibility index (Phi) is 2.93. The molecule has 2 heteroatoms. The Balaban J connectivity index is 2.56. The number of hydrogen-bond acceptors (Lipinski definition) is 1. The molecule has 0 saturated heterocycles. The molecule has 0 saturated carbocycles. The van der Waals surface area contributed by atoms with Gasteiger partial charge in [-0.3, -0.25) is 0 Å². The quantitative estimate of drug-likeness (QED) is 0.766. The Labute approximate surface area is 102 Å². The van der Waals surface area contributed by atoms with Gasteiger partial charge in [-0.05, 0) is 36.6 Å². The lowest BCUT2D eigenvalue weighted by Gasteiger charge is -2.13. The molecule has 2 rings (SSSR count). The highest BCUT2D eigenvalue weighted by Gasteiger charge is 2.15. The summed E-state index contributed by atoms with van der Waals surface area (Å²) in [5.74, 6) is 0.335. The van der Waals surface area contributed by atoms with Gasteiger partial charge in [-0.25, -0.2) is 0 Å². The van der Waals surface area contributed by atoms with Crippen LogP contribution in [0.1, 0.15) is 31.0 Å². The van der Waals surface area contributed by atoms with Crippen molar-refractivity contribution in [2.75, 3.05) is 0 Å². The van der Waals surface area contributed by atoms with E-state index in [-0.39, 0.29) is 5.92 Å². The number of aryl methyl sites for hydroxylation is 2. The Bertz CT molecular complexity index is 585. The van der Waals surface area contributed by atoms with Gasteiger partial charge < -0.3 is 4.57 Å². The molecular weight excluding hydrogens is 208 g/mol. The van der Waals surface area contributed by atoms with E-state index in [1.165, 1.54) is 16.6 Å². The molecule has 88 valence electrons. The van der Waals surface area contributed by atoms with Crippen LogP contribution in [-0.4, -0.2) is 4.57 Å². The molecule has 0 aliphatic carbocycles. The van der Waals surface area contributed by atoms with Gasteiger partial charge in [0, 0.05) is 23.6 Å². The van der Waals surface area contributed by atoms with Gasteiger partial charge >= 0.3 is 0 Å². The predicted molar refractivity (Wildman–Crippen MR) is 70.8 cm³/mol. The van der Waals surface area contributed by atoms with Crippen molar-refractivity contribution in [1.29, 1.82) is 5.26 Å². The van der Waals surface area contributed by atoms with Crippen molar-refractivity contribution in [3.8, 4) is 6.07 Å². The highest BCUT2D eigenvalue weighted by Crippen LogP contribution is 2.27. The van der Waals surface area contributed by atoms with Crippen LogP contribution in [0.3, 0.4) is 0 Å². The third-order valence-electron chi connectivity index (χ3n) is 3.47. The Hall–Kier alpha value is -1.75. The normalized spacial score (nSPS) is 12.9. The second kappa shape index (κ2) is 4.25. The number of hydrogen-bond donors (Lipinski definition) is 0. The largest absolute Gasteiger partial charge is 0.348 e. The molecule has 0 amide bonds. The van der Waals surface area contributed by atoms with E-state index >= 15 is 0 Å². The van der Waals surface area contributed by atoms with Gasteiger partial charge in [-0.15, -0.1) is 0 Å². The molecule has 0 aliphatic rings. The average Bonchev–Trinajstić information content (AvgIpc) is 2.55. The van der Waals surface area contributed by atoms with Gasteiger partial charge in [0.05, 0.1) is 12.0 Å². The standard InChI is InChI=1S/C15H18N2/c1-10(2)14(9-16)12-5-6-15-13(8-12)7-11(3)17(15)4/h5-8,10,14H,1-4H3. The number of fused-ring (bicyclic) bond motifs is 1. The molecule has 0 bridgehead atoms. The van der Waals surface area contributed by atoms with Crippen LogP contribution in [0.15, 0.2) is 24.3 Å². The summed E-state index contributed by atoms with van der Waals surface area (Å²) in [6.45, 7) is 6.28. The van der Waals surface area contributed by atoms with E-state index in [2.05, 4.69) is 62.7 Å². The molecule has 0 radical (unpaired) electrons. The van der Waals surface area contributed by atoms with Crippen molar-refractivity contribution in [2.24, 2.45) is 13.0 Å². The first kappa shape index (κ1) is 11.7. The Morgan fingerprint density at radius 1 is 1.24 bits per heavy atom. The molecule has 0 aliphatic heterocycles. The lowest BCUT2D eigenvalue weighted by Crippen LogP contribution is -2.03. The third kappa shape index (κ3) is 1.93. The highest BCUT2D eigenvalue weighted by molar-refractivity contribution is 5.82. The fraction of sp³-hybridized carbons (Fsp3) is 0.400. The number of nitriles is 1. The molecule has 1 heterocycles. The average molecular weight is 226 g/mol. The van der Waals surface area contributed by atoms with Crippen molar-refractivity contribution in [2.45, 2.75) is 26.7 Å². The minimum Gasteiger partial charge on any atom is -0.348 e. The molecule has 1 aromatic heterocycles. The SMILES string of the molecule is Cc1cc2cc(C(C#N)C(C)C)ccc2n1C. The van der Waals surface area contributed by atoms with Crippen molar-refractivity contribution >= 4 is 10.9 Å². The minimum absolute atomic E-state index is 0.0140. The molecule has 2 nitrogen and oxygen atoms in total. The van der Waals surface area contributed by atoms with Crippen molar-refractivity contribution in [1.82, 2.24) is 4.57 Å². The van der Waals surface area contributed by atoms with Crippen LogP contribution < -0.4 is 0 Å². The summed E-state index contributed by atoms with van der Waals surface area (Å²) in [5.41, 5.74) is 3.60. The minimum atomic E-state index is -0.0140. The fourth-order valence-corrected chi connectivity index (χ4v) is 2.31. The first-order valence-electron chi connectivity index (χ1n) is 6.00. The van der Waals surface area contributed by atoms with E-state index < -0.39 is 0 Å². The monoisotopic (exact) mass is 226 g/mol. The summed E-state index contributed by atoms with van der Waals surface area (Å²) >= 11 is 0. The summed E-state index contributed by atoms with van der Waals surface area (Å²) < 4.78 is 2.18. The summed E-state index contributed by atoms with van der Waals surface area (Å²) in [6.07, 6.45) is 0. The lowest BCUT2D eigenvalue weighted by atomic mass is 9.89. The van der Waals surface area contributed by atoms with E-state index in [4.69, 9.17) is 0 Å². The molecule has 0 N–H and O–H groups in total. The molecule has 0 spiro atoms. The van der Waals surface area contributed by atoms with Crippen molar-refractivity contribution in [3.63, 3.8) is 0 Å². The summed E-state index contributed by atoms with van der Waals surface area (Å²) in [6, 6.07) is 10.9. The van der Waals surface area contributed by atoms with Crippen LogP contribution in [0.2, 0.25) is 0 Å². The van der Waals surface area contributed by atoms with Crippen LogP contribution in [0.25, 0.3) is 10.9 Å². The maximum Gasteiger partial charge on any atom is 0.0735 e. The molecule has 1 unspecified atom stereocenters. The fourth-order valence-electron chi connectivity index (χ4n) is 2.31. The topological polar surface area (TPSA) is 28.7 Å². The highest BCUT2D eigenvalue weighted by atomic mass is 14.9. The van der Waals surface area contributed by atoms with Gasteiger partial charge in [-0.1, -0.05) is 19.9 Å². The summed E-state index contributed by atoms with van der Waals surface area (Å²) in [4.78, 5) is 0. The number of benzene rings is 1. The zero-order chi connectivity index (χ0) is 12.6. The van der Waals surface area contributed by atoms with Crippen LogP contribution in [0, 0.1) is 24.2 Å². The molecular formula is C15H18N2. The number of aromatic nitrogens is 1. The zero-order valence-corrected chi connectivity index (χ0v) is 10.9. The maximum atomic E-state index is 9.23. The van der Waals surface area contributed by atoms with E-state index in [1.807, 2.05) is 0 Å². The lowest BCUT2D eigenvalue weighted by molar-refractivity contribution is 0.588. The molecule has 17 heavy (non-hydrogen) atoms. The van der Waals surface area contributed by atoms with Crippen LogP contribution >= 0.6 is 0 Å². The smallest absolute Gasteiger partial charge is 0.0735 e. The molecule has 0 fully saturated rings. The summed E-state index contributed by atoms with van der Waals surface area (Å²) in [5, 5.41) is 10.5. The van der Waals surface area contributed by atoms with Gasteiger partial charge in [-0.2, -0.15) is 5.26 Å². The molecule has 2 aromatic rings. The summed E-state index contributed by atoms with van der Waals surface area (Å²) in [7, 11) is 2.07. The van der Waals surface area contributed by atoms with Crippen molar-refractivity contribution < 1.29 is 0 Å². The first-order chi connectivity index (χ1) is 8.04.